The van der Waals surface area contributed by atoms with Crippen molar-refractivity contribution in [3.05, 3.63) is 47.3 Å². The van der Waals surface area contributed by atoms with Crippen LogP contribution in [-0.2, 0) is 19.8 Å². The van der Waals surface area contributed by atoms with Crippen molar-refractivity contribution in [1.82, 2.24) is 20.6 Å². The lowest BCUT2D eigenvalue weighted by Gasteiger charge is -2.10. The summed E-state index contributed by atoms with van der Waals surface area (Å²) in [5.74, 6) is -0.120. The molecule has 1 heterocycles. The molecular weight excluding hydrogens is 313 g/mol. The van der Waals surface area contributed by atoms with E-state index in [2.05, 4.69) is 16.0 Å². The highest BCUT2D eigenvalue weighted by molar-refractivity contribution is 5.94. The van der Waals surface area contributed by atoms with Gasteiger partial charge in [-0.15, -0.1) is 0 Å². The van der Waals surface area contributed by atoms with Gasteiger partial charge in [-0.25, -0.2) is 5.43 Å². The van der Waals surface area contributed by atoms with Gasteiger partial charge in [0.25, 0.3) is 5.91 Å². The number of carbonyl (C=O) groups excluding carboxylic acids is 1. The molecule has 2 aromatic rings. The monoisotopic (exact) mass is 328 g/mol. The van der Waals surface area contributed by atoms with Crippen molar-refractivity contribution in [3.8, 4) is 5.75 Å². The molecule has 0 radical (unpaired) electrons. The number of nitrogens with one attached hydrogen (secondary N) is 2. The molecule has 0 spiro atoms. The standard InChI is InChI=1S/C14H15F3N4O2/c1-18-20-13(22)11-7-19-21(2)12(11)8-23-10-5-3-9(4-6-10)14(15,16)17/h3-7,18H,8H2,1-2H3,(H,20,22). The van der Waals surface area contributed by atoms with Crippen molar-refractivity contribution in [3.63, 3.8) is 0 Å². The second-order valence-electron chi connectivity index (χ2n) is 4.64. The fourth-order valence-electron chi connectivity index (χ4n) is 1.90. The van der Waals surface area contributed by atoms with Crippen LogP contribution in [0.15, 0.2) is 30.5 Å². The number of nitrogens with zero attached hydrogens (tertiary/aromatic N) is 2. The zero-order valence-corrected chi connectivity index (χ0v) is 12.4. The van der Waals surface area contributed by atoms with Crippen molar-refractivity contribution in [1.29, 1.82) is 0 Å². The Morgan fingerprint density at radius 1 is 1.30 bits per heavy atom. The summed E-state index contributed by atoms with van der Waals surface area (Å²) in [5, 5.41) is 3.98. The van der Waals surface area contributed by atoms with Crippen molar-refractivity contribution in [2.45, 2.75) is 12.8 Å². The van der Waals surface area contributed by atoms with E-state index in [9.17, 15) is 18.0 Å². The third kappa shape index (κ3) is 4.01. The highest BCUT2D eigenvalue weighted by atomic mass is 19.4. The van der Waals surface area contributed by atoms with Gasteiger partial charge in [-0.2, -0.15) is 18.3 Å². The molecule has 0 unspecified atom stereocenters. The first-order chi connectivity index (χ1) is 10.8. The Hall–Kier alpha value is -2.55. The molecule has 0 fully saturated rings. The number of halogens is 3. The number of hydrogen-bond acceptors (Lipinski definition) is 4. The topological polar surface area (TPSA) is 68.2 Å². The van der Waals surface area contributed by atoms with Gasteiger partial charge in [0.15, 0.2) is 0 Å². The van der Waals surface area contributed by atoms with Crippen LogP contribution in [0.3, 0.4) is 0 Å². The Kier molecular flexibility index (Phi) is 4.89. The molecule has 1 aromatic carbocycles. The number of hydrogen-bond donors (Lipinski definition) is 2. The highest BCUT2D eigenvalue weighted by Gasteiger charge is 2.30. The van der Waals surface area contributed by atoms with Crippen molar-refractivity contribution in [2.75, 3.05) is 7.05 Å². The van der Waals surface area contributed by atoms with Crippen LogP contribution < -0.4 is 15.6 Å². The van der Waals surface area contributed by atoms with E-state index in [1.807, 2.05) is 0 Å². The Balaban J connectivity index is 2.09. The molecule has 1 amide bonds. The van der Waals surface area contributed by atoms with Gasteiger partial charge in [0.05, 0.1) is 23.0 Å². The van der Waals surface area contributed by atoms with Crippen LogP contribution in [0.2, 0.25) is 0 Å². The normalized spacial score (nSPS) is 11.3. The number of benzene rings is 1. The third-order valence-corrected chi connectivity index (χ3v) is 3.10. The van der Waals surface area contributed by atoms with E-state index in [-0.39, 0.29) is 18.3 Å². The van der Waals surface area contributed by atoms with Crippen LogP contribution in [0.1, 0.15) is 21.6 Å². The van der Waals surface area contributed by atoms with E-state index in [4.69, 9.17) is 4.74 Å². The van der Waals surface area contributed by atoms with E-state index in [1.165, 1.54) is 23.0 Å². The lowest BCUT2D eigenvalue weighted by atomic mass is 10.2. The van der Waals surface area contributed by atoms with E-state index >= 15 is 0 Å². The van der Waals surface area contributed by atoms with Gasteiger partial charge in [-0.05, 0) is 24.3 Å². The maximum atomic E-state index is 12.5. The molecule has 1 aromatic heterocycles. The molecule has 0 aliphatic carbocycles. The number of ether oxygens (including phenoxy) is 1. The van der Waals surface area contributed by atoms with Crippen LogP contribution in [0.4, 0.5) is 13.2 Å². The summed E-state index contributed by atoms with van der Waals surface area (Å²) in [6.07, 6.45) is -3.00. The Morgan fingerprint density at radius 2 is 1.96 bits per heavy atom. The summed E-state index contributed by atoms with van der Waals surface area (Å²) >= 11 is 0. The van der Waals surface area contributed by atoms with Gasteiger partial charge < -0.3 is 4.74 Å². The molecule has 124 valence electrons. The molecule has 9 heteroatoms. The summed E-state index contributed by atoms with van der Waals surface area (Å²) in [6, 6.07) is 4.33. The number of rotatable bonds is 5. The largest absolute Gasteiger partial charge is 0.487 e. The molecular formula is C14H15F3N4O2. The lowest BCUT2D eigenvalue weighted by Crippen LogP contribution is -2.34. The molecule has 0 atom stereocenters. The molecule has 6 nitrogen and oxygen atoms in total. The Morgan fingerprint density at radius 3 is 2.52 bits per heavy atom. The van der Waals surface area contributed by atoms with Gasteiger partial charge in [0, 0.05) is 14.1 Å². The lowest BCUT2D eigenvalue weighted by molar-refractivity contribution is -0.137. The molecule has 0 saturated carbocycles. The molecule has 0 bridgehead atoms. The first kappa shape index (κ1) is 16.8. The predicted octanol–water partition coefficient (Wildman–Crippen LogP) is 1.88. The maximum Gasteiger partial charge on any atom is 0.416 e. The molecule has 2 rings (SSSR count). The quantitative estimate of drug-likeness (QED) is 0.823. The van der Waals surface area contributed by atoms with Crippen molar-refractivity contribution >= 4 is 5.91 Å². The fourth-order valence-corrected chi connectivity index (χ4v) is 1.90. The van der Waals surface area contributed by atoms with E-state index in [1.54, 1.807) is 14.1 Å². The molecule has 23 heavy (non-hydrogen) atoms. The number of carbonyl (C=O) groups is 1. The first-order valence-electron chi connectivity index (χ1n) is 6.61. The maximum absolute atomic E-state index is 12.5. The van der Waals surface area contributed by atoms with Crippen LogP contribution in [-0.4, -0.2) is 22.7 Å². The molecule has 0 saturated heterocycles. The van der Waals surface area contributed by atoms with Crippen LogP contribution in [0, 0.1) is 0 Å². The predicted molar refractivity (Wildman–Crippen MR) is 75.5 cm³/mol. The van der Waals surface area contributed by atoms with Crippen molar-refractivity contribution in [2.24, 2.45) is 7.05 Å². The summed E-state index contributed by atoms with van der Waals surface area (Å²) in [7, 11) is 3.19. The van der Waals surface area contributed by atoms with Gasteiger partial charge in [-0.3, -0.25) is 14.9 Å². The molecule has 0 aliphatic rings. The number of aryl methyl sites for hydroxylation is 1. The number of amides is 1. The number of aromatic nitrogens is 2. The van der Waals surface area contributed by atoms with E-state index < -0.39 is 11.7 Å². The smallest absolute Gasteiger partial charge is 0.416 e. The van der Waals surface area contributed by atoms with Crippen molar-refractivity contribution < 1.29 is 22.7 Å². The molecule has 0 aliphatic heterocycles. The minimum atomic E-state index is -4.39. The SMILES string of the molecule is CNNC(=O)c1cnn(C)c1COc1ccc(C(F)(F)F)cc1. The summed E-state index contributed by atoms with van der Waals surface area (Å²) < 4.78 is 44.4. The minimum Gasteiger partial charge on any atom is -0.487 e. The first-order valence-corrected chi connectivity index (χ1v) is 6.61. The summed E-state index contributed by atoms with van der Waals surface area (Å²) in [5.41, 5.74) is 4.99. The minimum absolute atomic E-state index is 0.00562. The van der Waals surface area contributed by atoms with Crippen LogP contribution in [0.5, 0.6) is 5.75 Å². The average Bonchev–Trinajstić information content (AvgIpc) is 2.86. The zero-order valence-electron chi connectivity index (χ0n) is 12.4. The fraction of sp³-hybridized carbons (Fsp3) is 0.286. The Bertz CT molecular complexity index is 680. The van der Waals surface area contributed by atoms with Crippen LogP contribution >= 0.6 is 0 Å². The second-order valence-corrected chi connectivity index (χ2v) is 4.64. The molecule has 2 N–H and O–H groups in total. The zero-order chi connectivity index (χ0) is 17.0. The highest BCUT2D eigenvalue weighted by Crippen LogP contribution is 2.30. The number of alkyl halides is 3. The summed E-state index contributed by atoms with van der Waals surface area (Å²) in [6.45, 7) is -0.00562. The second kappa shape index (κ2) is 6.69. The van der Waals surface area contributed by atoms with Gasteiger partial charge in [0.2, 0.25) is 0 Å². The van der Waals surface area contributed by atoms with Gasteiger partial charge in [-0.1, -0.05) is 0 Å². The summed E-state index contributed by atoms with van der Waals surface area (Å²) in [4.78, 5) is 11.8. The average molecular weight is 328 g/mol. The van der Waals surface area contributed by atoms with Gasteiger partial charge in [0.1, 0.15) is 12.4 Å². The van der Waals surface area contributed by atoms with Crippen LogP contribution in [0.25, 0.3) is 0 Å². The van der Waals surface area contributed by atoms with E-state index in [0.29, 0.717) is 11.3 Å². The van der Waals surface area contributed by atoms with Gasteiger partial charge >= 0.3 is 6.18 Å². The van der Waals surface area contributed by atoms with E-state index in [0.717, 1.165) is 12.1 Å². The third-order valence-electron chi connectivity index (χ3n) is 3.10. The number of hydrazine groups is 1. The Labute approximate surface area is 130 Å².